The van der Waals surface area contributed by atoms with Crippen LogP contribution < -0.4 is 0 Å². The van der Waals surface area contributed by atoms with E-state index in [9.17, 15) is 9.90 Å². The smallest absolute Gasteiger partial charge is 0.214 e. The van der Waals surface area contributed by atoms with Gasteiger partial charge in [0.2, 0.25) is 5.78 Å². The fourth-order valence-corrected chi connectivity index (χ4v) is 2.60. The van der Waals surface area contributed by atoms with Crippen molar-refractivity contribution in [3.8, 4) is 5.88 Å². The zero-order valence-corrected chi connectivity index (χ0v) is 14.4. The van der Waals surface area contributed by atoms with Crippen LogP contribution in [0.2, 0.25) is 0 Å². The van der Waals surface area contributed by atoms with Gasteiger partial charge in [-0.05, 0) is 18.2 Å². The van der Waals surface area contributed by atoms with Gasteiger partial charge in [-0.15, -0.1) is 0 Å². The van der Waals surface area contributed by atoms with Gasteiger partial charge in [0, 0.05) is 16.5 Å². The van der Waals surface area contributed by atoms with Crippen molar-refractivity contribution in [3.63, 3.8) is 0 Å². The topological polar surface area (TPSA) is 65.4 Å². The molecule has 0 aliphatic carbocycles. The summed E-state index contributed by atoms with van der Waals surface area (Å²) in [5.41, 5.74) is 2.78. The Bertz CT molecular complexity index is 892. The molecule has 0 fully saturated rings. The monoisotopic (exact) mass is 322 g/mol. The van der Waals surface area contributed by atoms with Gasteiger partial charge in [0.25, 0.3) is 0 Å². The Balaban J connectivity index is 0.000000487. The summed E-state index contributed by atoms with van der Waals surface area (Å²) in [6, 6.07) is 14.6. The highest BCUT2D eigenvalue weighted by Crippen LogP contribution is 2.34. The Morgan fingerprint density at radius 3 is 2.25 bits per heavy atom. The summed E-state index contributed by atoms with van der Waals surface area (Å²) in [5.74, 6) is -0.174. The second kappa shape index (κ2) is 7.59. The predicted octanol–water partition coefficient (Wildman–Crippen LogP) is 5.24. The third kappa shape index (κ3) is 2.83. The van der Waals surface area contributed by atoms with Crippen molar-refractivity contribution in [2.45, 2.75) is 27.7 Å². The SMILES string of the molecule is CC.CC.O=C1C(c2c(O)[nH]c3ccccc23)=Nc2ccccc21. The molecule has 0 bridgehead atoms. The summed E-state index contributed by atoms with van der Waals surface area (Å²) in [7, 11) is 0. The van der Waals surface area contributed by atoms with Gasteiger partial charge in [0.15, 0.2) is 5.88 Å². The van der Waals surface area contributed by atoms with E-state index in [-0.39, 0.29) is 11.7 Å². The molecule has 0 unspecified atom stereocenters. The Morgan fingerprint density at radius 1 is 0.917 bits per heavy atom. The zero-order chi connectivity index (χ0) is 17.7. The van der Waals surface area contributed by atoms with E-state index in [4.69, 9.17) is 0 Å². The van der Waals surface area contributed by atoms with Gasteiger partial charge in [-0.1, -0.05) is 58.0 Å². The number of benzene rings is 2. The zero-order valence-electron chi connectivity index (χ0n) is 14.4. The van der Waals surface area contributed by atoms with Crippen LogP contribution >= 0.6 is 0 Å². The molecule has 2 aromatic carbocycles. The van der Waals surface area contributed by atoms with Crippen LogP contribution in [-0.2, 0) is 0 Å². The first-order valence-corrected chi connectivity index (χ1v) is 8.28. The standard InChI is InChI=1S/C16H10N2O2.2C2H6/c19-15-10-6-2-4-8-12(10)17-14(15)13-9-5-1-3-7-11(9)18-16(13)20;2*1-2/h1-8,18,20H;2*1-2H3. The Labute approximate surface area is 141 Å². The molecule has 4 heteroatoms. The van der Waals surface area contributed by atoms with Crippen LogP contribution in [0.4, 0.5) is 5.69 Å². The second-order valence-corrected chi connectivity index (χ2v) is 4.70. The van der Waals surface area contributed by atoms with E-state index in [1.54, 1.807) is 12.1 Å². The number of nitrogens with one attached hydrogen (secondary N) is 1. The maximum absolute atomic E-state index is 12.4. The number of Topliss-reactive ketones (excluding diaryl/α,β-unsaturated/α-hetero) is 1. The molecule has 1 aliphatic heterocycles. The molecule has 0 spiro atoms. The van der Waals surface area contributed by atoms with Crippen molar-refractivity contribution in [2.24, 2.45) is 4.99 Å². The molecule has 0 radical (unpaired) electrons. The van der Waals surface area contributed by atoms with Crippen molar-refractivity contribution in [2.75, 3.05) is 0 Å². The second-order valence-electron chi connectivity index (χ2n) is 4.70. The molecule has 3 aromatic rings. The van der Waals surface area contributed by atoms with Crippen LogP contribution in [-0.4, -0.2) is 21.6 Å². The Kier molecular flexibility index (Phi) is 5.53. The first-order chi connectivity index (χ1) is 11.8. The molecule has 0 amide bonds. The minimum atomic E-state index is -0.152. The molecule has 1 aliphatic rings. The van der Waals surface area contributed by atoms with E-state index in [1.807, 2.05) is 64.1 Å². The largest absolute Gasteiger partial charge is 0.494 e. The predicted molar refractivity (Wildman–Crippen MR) is 99.6 cm³/mol. The van der Waals surface area contributed by atoms with Crippen LogP contribution in [0.1, 0.15) is 43.6 Å². The summed E-state index contributed by atoms with van der Waals surface area (Å²) in [5, 5.41) is 10.9. The number of aliphatic imine (C=N–C) groups is 1. The van der Waals surface area contributed by atoms with Crippen LogP contribution in [0.3, 0.4) is 0 Å². The lowest BCUT2D eigenvalue weighted by molar-refractivity contribution is 0.107. The highest BCUT2D eigenvalue weighted by atomic mass is 16.3. The van der Waals surface area contributed by atoms with Crippen LogP contribution in [0, 0.1) is 0 Å². The average molecular weight is 322 g/mol. The number of hydrogen-bond acceptors (Lipinski definition) is 3. The molecule has 2 N–H and O–H groups in total. The molecule has 24 heavy (non-hydrogen) atoms. The molecule has 0 saturated carbocycles. The number of fused-ring (bicyclic) bond motifs is 2. The van der Waals surface area contributed by atoms with Gasteiger partial charge < -0.3 is 10.1 Å². The molecule has 4 nitrogen and oxygen atoms in total. The quantitative estimate of drug-likeness (QED) is 0.643. The lowest BCUT2D eigenvalue weighted by atomic mass is 10.0. The average Bonchev–Trinajstić information content (AvgIpc) is 3.15. The molecule has 1 aromatic heterocycles. The number of rotatable bonds is 1. The van der Waals surface area contributed by atoms with E-state index >= 15 is 0 Å². The summed E-state index contributed by atoms with van der Waals surface area (Å²) in [6.07, 6.45) is 0. The van der Waals surface area contributed by atoms with Crippen molar-refractivity contribution >= 4 is 28.1 Å². The van der Waals surface area contributed by atoms with Gasteiger partial charge in [-0.25, -0.2) is 4.99 Å². The lowest BCUT2D eigenvalue weighted by Gasteiger charge is -1.98. The Morgan fingerprint density at radius 2 is 1.54 bits per heavy atom. The van der Waals surface area contributed by atoms with Crippen molar-refractivity contribution in [1.29, 1.82) is 0 Å². The number of carbonyl (C=O) groups excluding carboxylic acids is 1. The van der Waals surface area contributed by atoms with Gasteiger partial charge in [0.05, 0.1) is 11.3 Å². The fraction of sp³-hybridized carbons (Fsp3) is 0.200. The van der Waals surface area contributed by atoms with Crippen molar-refractivity contribution < 1.29 is 9.90 Å². The van der Waals surface area contributed by atoms with Crippen LogP contribution in [0.25, 0.3) is 10.9 Å². The molecule has 0 atom stereocenters. The third-order valence-electron chi connectivity index (χ3n) is 3.52. The number of aromatic amines is 1. The highest BCUT2D eigenvalue weighted by molar-refractivity contribution is 6.56. The first-order valence-electron chi connectivity index (χ1n) is 8.28. The van der Waals surface area contributed by atoms with E-state index in [2.05, 4.69) is 9.98 Å². The maximum atomic E-state index is 12.4. The van der Waals surface area contributed by atoms with E-state index in [1.165, 1.54) is 0 Å². The first kappa shape index (κ1) is 17.5. The summed E-state index contributed by atoms with van der Waals surface area (Å²) >= 11 is 0. The van der Waals surface area contributed by atoms with E-state index in [0.29, 0.717) is 22.5 Å². The molecule has 124 valence electrons. The minimum absolute atomic E-state index is 0.0221. The molecular formula is C20H22N2O2. The highest BCUT2D eigenvalue weighted by Gasteiger charge is 2.29. The number of aromatic nitrogens is 1. The number of hydrogen-bond donors (Lipinski definition) is 2. The van der Waals surface area contributed by atoms with Crippen LogP contribution in [0.15, 0.2) is 53.5 Å². The number of nitrogens with zero attached hydrogens (tertiary/aromatic N) is 1. The summed E-state index contributed by atoms with van der Waals surface area (Å²) in [6.45, 7) is 8.00. The van der Waals surface area contributed by atoms with Crippen molar-refractivity contribution in [3.05, 3.63) is 59.7 Å². The van der Waals surface area contributed by atoms with Gasteiger partial charge in [-0.3, -0.25) is 4.79 Å². The third-order valence-corrected chi connectivity index (χ3v) is 3.52. The van der Waals surface area contributed by atoms with Crippen molar-refractivity contribution in [1.82, 2.24) is 4.98 Å². The molecule has 0 saturated heterocycles. The van der Waals surface area contributed by atoms with E-state index in [0.717, 1.165) is 10.9 Å². The fourth-order valence-electron chi connectivity index (χ4n) is 2.60. The summed E-state index contributed by atoms with van der Waals surface area (Å²) < 4.78 is 0. The normalized spacial score (nSPS) is 11.8. The number of carbonyl (C=O) groups is 1. The lowest BCUT2D eigenvalue weighted by Crippen LogP contribution is -2.10. The number of aromatic hydroxyl groups is 1. The minimum Gasteiger partial charge on any atom is -0.494 e. The number of para-hydroxylation sites is 2. The molecule has 2 heterocycles. The summed E-state index contributed by atoms with van der Waals surface area (Å²) in [4.78, 5) is 19.7. The number of H-pyrrole nitrogens is 1. The van der Waals surface area contributed by atoms with Gasteiger partial charge >= 0.3 is 0 Å². The maximum Gasteiger partial charge on any atom is 0.214 e. The van der Waals surface area contributed by atoms with Crippen LogP contribution in [0.5, 0.6) is 5.88 Å². The van der Waals surface area contributed by atoms with E-state index < -0.39 is 0 Å². The van der Waals surface area contributed by atoms with Gasteiger partial charge in [-0.2, -0.15) is 0 Å². The number of ketones is 1. The van der Waals surface area contributed by atoms with Gasteiger partial charge in [0.1, 0.15) is 5.71 Å². The molecule has 4 rings (SSSR count). The molecular weight excluding hydrogens is 300 g/mol. The Hall–Kier alpha value is -2.88.